The van der Waals surface area contributed by atoms with E-state index in [4.69, 9.17) is 0 Å². The molecule has 1 heterocycles. The largest absolute Gasteiger partial charge is 0.286 e. The topological polar surface area (TPSA) is 46.2 Å². The first-order valence-electron chi connectivity index (χ1n) is 5.83. The highest BCUT2D eigenvalue weighted by molar-refractivity contribution is 8.14. The highest BCUT2D eigenvalue weighted by atomic mass is 32.2. The van der Waals surface area contributed by atoms with Gasteiger partial charge in [-0.2, -0.15) is 0 Å². The Balaban J connectivity index is 0.000000163. The van der Waals surface area contributed by atoms with E-state index in [0.717, 1.165) is 11.8 Å². The van der Waals surface area contributed by atoms with Crippen LogP contribution in [0.2, 0.25) is 0 Å². The lowest BCUT2D eigenvalue weighted by molar-refractivity contribution is -0.117. The van der Waals surface area contributed by atoms with Gasteiger partial charge in [-0.3, -0.25) is 14.9 Å². The van der Waals surface area contributed by atoms with Crippen LogP contribution in [0.3, 0.4) is 0 Å². The molecule has 1 aliphatic rings. The first-order chi connectivity index (χ1) is 9.25. The lowest BCUT2D eigenvalue weighted by Crippen LogP contribution is -2.18. The zero-order chi connectivity index (χ0) is 13.5. The van der Waals surface area contributed by atoms with Crippen LogP contribution in [0, 0.1) is 0 Å². The summed E-state index contributed by atoms with van der Waals surface area (Å²) < 4.78 is 0. The van der Waals surface area contributed by atoms with Crippen LogP contribution in [0.5, 0.6) is 0 Å². The van der Waals surface area contributed by atoms with E-state index in [2.05, 4.69) is 53.8 Å². The minimum absolute atomic E-state index is 0.185. The van der Waals surface area contributed by atoms with Crippen molar-refractivity contribution < 1.29 is 9.59 Å². The number of thioether (sulfide) groups is 1. The minimum Gasteiger partial charge on any atom is -0.286 e. The maximum atomic E-state index is 10.1. The van der Waals surface area contributed by atoms with Crippen molar-refractivity contribution in [3.63, 3.8) is 0 Å². The van der Waals surface area contributed by atoms with Gasteiger partial charge in [0.05, 0.1) is 5.75 Å². The standard InChI is InChI=1S/C12H10.C3H3NO2S/c1-3-7-11(8-4-1)12-9-5-2-6-10-12;5-2-1-7-3(6)4-2/h1-10H;1H2,(H,4,5,6). The first-order valence-corrected chi connectivity index (χ1v) is 6.81. The lowest BCUT2D eigenvalue weighted by Gasteiger charge is -1.98. The molecule has 2 aromatic carbocycles. The zero-order valence-electron chi connectivity index (χ0n) is 10.2. The Kier molecular flexibility index (Phi) is 4.75. The third kappa shape index (κ3) is 4.26. The molecule has 0 aliphatic carbocycles. The fourth-order valence-corrected chi connectivity index (χ4v) is 2.10. The van der Waals surface area contributed by atoms with Crippen LogP contribution in [-0.2, 0) is 4.79 Å². The molecule has 1 N–H and O–H groups in total. The number of hydrogen-bond acceptors (Lipinski definition) is 3. The Morgan fingerprint density at radius 1 is 0.789 bits per heavy atom. The van der Waals surface area contributed by atoms with Crippen LogP contribution in [0.4, 0.5) is 4.79 Å². The Morgan fingerprint density at radius 3 is 1.53 bits per heavy atom. The third-order valence-corrected chi connectivity index (χ3v) is 3.23. The Labute approximate surface area is 116 Å². The SMILES string of the molecule is O=C1CSC(=O)N1.c1ccc(-c2ccccc2)cc1. The van der Waals surface area contributed by atoms with E-state index in [0.29, 0.717) is 5.75 Å². The van der Waals surface area contributed by atoms with Crippen molar-refractivity contribution in [2.24, 2.45) is 0 Å². The van der Waals surface area contributed by atoms with Crippen LogP contribution in [-0.4, -0.2) is 16.9 Å². The summed E-state index contributed by atoms with van der Waals surface area (Å²) in [5.41, 5.74) is 2.55. The van der Waals surface area contributed by atoms with E-state index in [1.54, 1.807) is 0 Å². The maximum absolute atomic E-state index is 10.1. The van der Waals surface area contributed by atoms with E-state index in [1.807, 2.05) is 12.1 Å². The second-order valence-corrected chi connectivity index (χ2v) is 4.80. The molecule has 0 saturated carbocycles. The molecule has 4 heteroatoms. The molecule has 0 atom stereocenters. The lowest BCUT2D eigenvalue weighted by atomic mass is 10.1. The molecule has 0 bridgehead atoms. The van der Waals surface area contributed by atoms with Gasteiger partial charge in [0, 0.05) is 0 Å². The van der Waals surface area contributed by atoms with Crippen molar-refractivity contribution in [3.8, 4) is 11.1 Å². The molecule has 96 valence electrons. The van der Waals surface area contributed by atoms with Crippen molar-refractivity contribution in [1.82, 2.24) is 5.32 Å². The van der Waals surface area contributed by atoms with Crippen LogP contribution in [0.25, 0.3) is 11.1 Å². The summed E-state index contributed by atoms with van der Waals surface area (Å²) in [6.45, 7) is 0. The molecule has 1 fully saturated rings. The van der Waals surface area contributed by atoms with Crippen molar-refractivity contribution >= 4 is 22.9 Å². The van der Waals surface area contributed by atoms with Gasteiger partial charge in [-0.15, -0.1) is 0 Å². The van der Waals surface area contributed by atoms with E-state index >= 15 is 0 Å². The first kappa shape index (κ1) is 13.4. The quantitative estimate of drug-likeness (QED) is 0.865. The highest BCUT2D eigenvalue weighted by Gasteiger charge is 2.16. The van der Waals surface area contributed by atoms with Gasteiger partial charge in [0.2, 0.25) is 5.91 Å². The monoisotopic (exact) mass is 271 g/mol. The summed E-state index contributed by atoms with van der Waals surface area (Å²) in [5, 5.41) is 1.87. The Bertz CT molecular complexity index is 503. The summed E-state index contributed by atoms with van der Waals surface area (Å²) in [4.78, 5) is 20.2. The van der Waals surface area contributed by atoms with Crippen molar-refractivity contribution in [3.05, 3.63) is 60.7 Å². The molecule has 2 aromatic rings. The fourth-order valence-electron chi connectivity index (χ4n) is 1.58. The molecule has 0 spiro atoms. The minimum atomic E-state index is -0.231. The van der Waals surface area contributed by atoms with Gasteiger partial charge in [-0.05, 0) is 11.1 Å². The molecule has 19 heavy (non-hydrogen) atoms. The second kappa shape index (κ2) is 6.75. The molecular formula is C15H13NO2S. The van der Waals surface area contributed by atoms with Gasteiger partial charge in [0.25, 0.3) is 5.24 Å². The fraction of sp³-hybridized carbons (Fsp3) is 0.0667. The van der Waals surface area contributed by atoms with Crippen molar-refractivity contribution in [2.75, 3.05) is 5.75 Å². The molecule has 3 rings (SSSR count). The maximum Gasteiger partial charge on any atom is 0.286 e. The molecule has 2 amide bonds. The molecule has 0 unspecified atom stereocenters. The molecule has 1 saturated heterocycles. The van der Waals surface area contributed by atoms with Gasteiger partial charge < -0.3 is 0 Å². The van der Waals surface area contributed by atoms with E-state index in [-0.39, 0.29) is 11.1 Å². The third-order valence-electron chi connectivity index (χ3n) is 2.46. The van der Waals surface area contributed by atoms with E-state index < -0.39 is 0 Å². The van der Waals surface area contributed by atoms with Gasteiger partial charge in [-0.25, -0.2) is 0 Å². The van der Waals surface area contributed by atoms with Crippen molar-refractivity contribution in [1.29, 1.82) is 0 Å². The molecule has 0 radical (unpaired) electrons. The van der Waals surface area contributed by atoms with E-state index in [9.17, 15) is 9.59 Å². The highest BCUT2D eigenvalue weighted by Crippen LogP contribution is 2.17. The summed E-state index contributed by atoms with van der Waals surface area (Å²) in [6, 6.07) is 20.8. The number of nitrogens with one attached hydrogen (secondary N) is 1. The van der Waals surface area contributed by atoms with Crippen LogP contribution in [0.1, 0.15) is 0 Å². The molecule has 1 aliphatic heterocycles. The second-order valence-electron chi connectivity index (χ2n) is 3.86. The number of rotatable bonds is 1. The predicted molar refractivity (Wildman–Crippen MR) is 77.9 cm³/mol. The van der Waals surface area contributed by atoms with Crippen molar-refractivity contribution in [2.45, 2.75) is 0 Å². The molecule has 3 nitrogen and oxygen atoms in total. The van der Waals surface area contributed by atoms with Gasteiger partial charge in [-0.1, -0.05) is 72.4 Å². The number of amides is 2. The summed E-state index contributed by atoms with van der Waals surface area (Å²) in [5.74, 6) is 0.105. The van der Waals surface area contributed by atoms with Gasteiger partial charge in [0.1, 0.15) is 0 Å². The van der Waals surface area contributed by atoms with Gasteiger partial charge >= 0.3 is 0 Å². The van der Waals surface area contributed by atoms with E-state index in [1.165, 1.54) is 11.1 Å². The molecular weight excluding hydrogens is 258 g/mol. The summed E-state index contributed by atoms with van der Waals surface area (Å²) >= 11 is 1.01. The average molecular weight is 271 g/mol. The number of carbonyl (C=O) groups excluding carboxylic acids is 2. The Morgan fingerprint density at radius 2 is 1.26 bits per heavy atom. The smallest absolute Gasteiger partial charge is 0.286 e. The number of hydrogen-bond donors (Lipinski definition) is 1. The average Bonchev–Trinajstić information content (AvgIpc) is 2.85. The summed E-state index contributed by atoms with van der Waals surface area (Å²) in [7, 11) is 0. The Hall–Kier alpha value is -2.07. The molecule has 0 aromatic heterocycles. The van der Waals surface area contributed by atoms with Crippen LogP contribution >= 0.6 is 11.8 Å². The zero-order valence-corrected chi connectivity index (χ0v) is 11.0. The van der Waals surface area contributed by atoms with Crippen LogP contribution in [0.15, 0.2) is 60.7 Å². The number of carbonyl (C=O) groups is 2. The normalized spacial score (nSPS) is 13.5. The number of benzene rings is 2. The predicted octanol–water partition coefficient (Wildman–Crippen LogP) is 3.32. The summed E-state index contributed by atoms with van der Waals surface area (Å²) in [6.07, 6.45) is 0. The number of imide groups is 1. The van der Waals surface area contributed by atoms with Crippen LogP contribution < -0.4 is 5.32 Å². The van der Waals surface area contributed by atoms with Gasteiger partial charge in [0.15, 0.2) is 0 Å².